The maximum absolute atomic E-state index is 13.3. The van der Waals surface area contributed by atoms with E-state index in [1.165, 1.54) is 55.6 Å². The Hall–Kier alpha value is -2.27. The van der Waals surface area contributed by atoms with Crippen molar-refractivity contribution in [2.45, 2.75) is 26.5 Å². The predicted octanol–water partition coefficient (Wildman–Crippen LogP) is 1.05. The molecule has 1 fully saturated rings. The molecule has 0 amide bonds. The molecule has 0 spiro atoms. The van der Waals surface area contributed by atoms with Crippen LogP contribution in [0.3, 0.4) is 0 Å². The summed E-state index contributed by atoms with van der Waals surface area (Å²) < 4.78 is 57.7. The monoisotopic (exact) mass is 425 g/mol. The summed E-state index contributed by atoms with van der Waals surface area (Å²) in [6.07, 6.45) is 0. The zero-order chi connectivity index (χ0) is 20.5. The Morgan fingerprint density at radius 1 is 0.893 bits per heavy atom. The Kier molecular flexibility index (Phi) is 5.57. The molecule has 150 valence electrons. The minimum Gasteiger partial charge on any atom is -0.468 e. The summed E-state index contributed by atoms with van der Waals surface area (Å²) in [5.74, 6) is -0.905. The number of nitrogens with zero attached hydrogens (tertiary/aromatic N) is 1. The number of benzene rings is 2. The first kappa shape index (κ1) is 20.5. The molecule has 1 aliphatic rings. The number of carbonyl (C=O) groups is 1. The zero-order valence-electron chi connectivity index (χ0n) is 15.1. The van der Waals surface area contributed by atoms with Gasteiger partial charge in [0.2, 0.25) is 15.3 Å². The quantitative estimate of drug-likeness (QED) is 0.654. The summed E-state index contributed by atoms with van der Waals surface area (Å²) in [4.78, 5) is 17.5. The van der Waals surface area contributed by atoms with Gasteiger partial charge < -0.3 is 4.74 Å². The number of rotatable bonds is 5. The fraction of sp³-hybridized carbons (Fsp3) is 0.278. The van der Waals surface area contributed by atoms with Gasteiger partial charge >= 0.3 is 5.97 Å². The van der Waals surface area contributed by atoms with Crippen LogP contribution in [0.25, 0.3) is 0 Å². The highest BCUT2D eigenvalue weighted by atomic mass is 32.2. The van der Waals surface area contributed by atoms with E-state index in [1.807, 2.05) is 0 Å². The number of methoxy groups -OCH3 is 1. The van der Waals surface area contributed by atoms with Crippen LogP contribution in [0, 0.1) is 0 Å². The highest BCUT2D eigenvalue weighted by molar-refractivity contribution is 7.96. The van der Waals surface area contributed by atoms with Crippen LogP contribution in [0.1, 0.15) is 0 Å². The van der Waals surface area contributed by atoms with E-state index in [0.717, 1.165) is 12.2 Å². The minimum atomic E-state index is -4.26. The van der Waals surface area contributed by atoms with E-state index in [9.17, 15) is 21.6 Å². The van der Waals surface area contributed by atoms with Crippen molar-refractivity contribution in [3.05, 3.63) is 60.7 Å². The van der Waals surface area contributed by atoms with Crippen molar-refractivity contribution < 1.29 is 31.2 Å². The molecular weight excluding hydrogens is 406 g/mol. The summed E-state index contributed by atoms with van der Waals surface area (Å²) in [6.45, 7) is 0. The third-order valence-corrected chi connectivity index (χ3v) is 8.73. The first-order valence-electron chi connectivity index (χ1n) is 8.26. The van der Waals surface area contributed by atoms with Crippen molar-refractivity contribution in [2.24, 2.45) is 0 Å². The number of sulfone groups is 2. The van der Waals surface area contributed by atoms with Gasteiger partial charge in [-0.1, -0.05) is 36.4 Å². The van der Waals surface area contributed by atoms with Crippen LogP contribution >= 0.6 is 0 Å². The van der Waals surface area contributed by atoms with Crippen LogP contribution < -0.4 is 0 Å². The Morgan fingerprint density at radius 2 is 1.36 bits per heavy atom. The number of carbonyl (C=O) groups excluding carboxylic acids is 1. The minimum absolute atomic E-state index is 0.104. The van der Waals surface area contributed by atoms with Gasteiger partial charge in [-0.05, 0) is 24.3 Å². The molecule has 0 N–H and O–H groups in total. The standard InChI is InChI=1S/C18H19NO7S2/c1-19-15(17(20)25-2)16(27(21,22)13-9-5-3-6-10-13)18(26-19)28(23,24)14-11-7-4-8-12-14/h3-12,15-16,18H,1-2H3/t15-,16+,18+/m0/s1. The van der Waals surface area contributed by atoms with Crippen molar-refractivity contribution in [3.8, 4) is 0 Å². The molecule has 28 heavy (non-hydrogen) atoms. The van der Waals surface area contributed by atoms with Crippen LogP contribution in [0.15, 0.2) is 70.5 Å². The maximum Gasteiger partial charge on any atom is 0.326 e. The largest absolute Gasteiger partial charge is 0.468 e. The van der Waals surface area contributed by atoms with Gasteiger partial charge in [0.1, 0.15) is 5.25 Å². The van der Waals surface area contributed by atoms with Gasteiger partial charge in [-0.15, -0.1) is 0 Å². The lowest BCUT2D eigenvalue weighted by atomic mass is 10.2. The van der Waals surface area contributed by atoms with Gasteiger partial charge in [0.15, 0.2) is 15.9 Å². The Labute approximate surface area is 163 Å². The van der Waals surface area contributed by atoms with Crippen LogP contribution in [0.2, 0.25) is 0 Å². The fourth-order valence-corrected chi connectivity index (χ4v) is 7.36. The molecule has 2 aromatic carbocycles. The lowest BCUT2D eigenvalue weighted by Crippen LogP contribution is -2.47. The summed E-state index contributed by atoms with van der Waals surface area (Å²) in [7, 11) is -6.10. The average molecular weight is 425 g/mol. The Bertz CT molecular complexity index is 1050. The number of hydrogen-bond acceptors (Lipinski definition) is 8. The second-order valence-electron chi connectivity index (χ2n) is 6.17. The van der Waals surface area contributed by atoms with E-state index in [0.29, 0.717) is 0 Å². The number of hydrogen-bond donors (Lipinski definition) is 0. The Balaban J connectivity index is 2.18. The predicted molar refractivity (Wildman–Crippen MR) is 99.5 cm³/mol. The lowest BCUT2D eigenvalue weighted by Gasteiger charge is -2.21. The number of ether oxygens (including phenoxy) is 1. The van der Waals surface area contributed by atoms with Gasteiger partial charge in [0.25, 0.3) is 0 Å². The summed E-state index contributed by atoms with van der Waals surface area (Å²) in [5, 5.41) is -0.778. The van der Waals surface area contributed by atoms with Crippen molar-refractivity contribution in [2.75, 3.05) is 14.2 Å². The van der Waals surface area contributed by atoms with E-state index >= 15 is 0 Å². The van der Waals surface area contributed by atoms with E-state index in [2.05, 4.69) is 0 Å². The maximum atomic E-state index is 13.3. The van der Waals surface area contributed by atoms with Crippen molar-refractivity contribution >= 4 is 25.6 Å². The third kappa shape index (κ3) is 3.44. The van der Waals surface area contributed by atoms with Gasteiger partial charge in [-0.3, -0.25) is 9.63 Å². The number of esters is 1. The highest BCUT2D eigenvalue weighted by Crippen LogP contribution is 2.36. The molecule has 2 aromatic rings. The van der Waals surface area contributed by atoms with Crippen LogP contribution in [-0.2, 0) is 34.0 Å². The molecule has 1 saturated heterocycles. The van der Waals surface area contributed by atoms with E-state index in [4.69, 9.17) is 9.57 Å². The molecule has 10 heteroatoms. The first-order valence-corrected chi connectivity index (χ1v) is 11.4. The molecule has 8 nitrogen and oxygen atoms in total. The first-order chi connectivity index (χ1) is 13.2. The topological polar surface area (TPSA) is 107 Å². The molecule has 0 aliphatic carbocycles. The summed E-state index contributed by atoms with van der Waals surface area (Å²) in [5.41, 5.74) is -1.81. The number of hydroxylamine groups is 2. The summed E-state index contributed by atoms with van der Waals surface area (Å²) in [6, 6.07) is 13.3. The second kappa shape index (κ2) is 7.63. The van der Waals surface area contributed by atoms with Crippen LogP contribution in [-0.4, -0.2) is 58.8 Å². The fourth-order valence-electron chi connectivity index (χ4n) is 3.11. The van der Waals surface area contributed by atoms with Gasteiger partial charge in [0.05, 0.1) is 16.9 Å². The number of likely N-dealkylation sites (N-methyl/N-ethyl adjacent to an activating group) is 1. The van der Waals surface area contributed by atoms with E-state index < -0.39 is 42.4 Å². The second-order valence-corrected chi connectivity index (χ2v) is 10.3. The van der Waals surface area contributed by atoms with Crippen molar-refractivity contribution in [3.63, 3.8) is 0 Å². The average Bonchev–Trinajstić information content (AvgIpc) is 3.07. The molecule has 3 atom stereocenters. The summed E-state index contributed by atoms with van der Waals surface area (Å²) >= 11 is 0. The highest BCUT2D eigenvalue weighted by Gasteiger charge is 2.58. The molecule has 3 rings (SSSR count). The molecule has 0 radical (unpaired) electrons. The molecule has 0 bridgehead atoms. The molecular formula is C18H19NO7S2. The molecule has 1 aliphatic heterocycles. The van der Waals surface area contributed by atoms with Gasteiger partial charge in [-0.2, -0.15) is 5.06 Å². The van der Waals surface area contributed by atoms with Crippen molar-refractivity contribution in [1.29, 1.82) is 0 Å². The normalized spacial score (nSPS) is 23.4. The van der Waals surface area contributed by atoms with E-state index in [1.54, 1.807) is 12.1 Å². The third-order valence-electron chi connectivity index (χ3n) is 4.49. The molecule has 0 aromatic heterocycles. The zero-order valence-corrected chi connectivity index (χ0v) is 16.8. The molecule has 0 unspecified atom stereocenters. The van der Waals surface area contributed by atoms with Gasteiger partial charge in [-0.25, -0.2) is 16.8 Å². The smallest absolute Gasteiger partial charge is 0.326 e. The molecule has 1 heterocycles. The van der Waals surface area contributed by atoms with Crippen LogP contribution in [0.4, 0.5) is 0 Å². The lowest BCUT2D eigenvalue weighted by molar-refractivity contribution is -0.163. The van der Waals surface area contributed by atoms with E-state index in [-0.39, 0.29) is 9.79 Å². The molecule has 0 saturated carbocycles. The Morgan fingerprint density at radius 3 is 1.82 bits per heavy atom. The van der Waals surface area contributed by atoms with Crippen molar-refractivity contribution in [1.82, 2.24) is 5.06 Å². The SMILES string of the molecule is COC(=O)[C@@H]1[C@@H](S(=O)(=O)c2ccccc2)[C@@H](S(=O)(=O)c2ccccc2)ON1C. The van der Waals surface area contributed by atoms with Crippen LogP contribution in [0.5, 0.6) is 0 Å². The van der Waals surface area contributed by atoms with Gasteiger partial charge in [0, 0.05) is 7.05 Å².